The third kappa shape index (κ3) is 10.1. The van der Waals surface area contributed by atoms with Crippen molar-refractivity contribution in [3.8, 4) is 0 Å². The second kappa shape index (κ2) is 11.5. The van der Waals surface area contributed by atoms with Gasteiger partial charge in [0.25, 0.3) is 0 Å². The summed E-state index contributed by atoms with van der Waals surface area (Å²) in [5, 5.41) is 6.77. The highest BCUT2D eigenvalue weighted by Crippen LogP contribution is 2.20. The first-order valence-corrected chi connectivity index (χ1v) is 10.3. The maximum absolute atomic E-state index is 12.2. The second-order valence-electron chi connectivity index (χ2n) is 8.21. The van der Waals surface area contributed by atoms with E-state index in [9.17, 15) is 4.79 Å². The lowest BCUT2D eigenvalue weighted by Crippen LogP contribution is -2.48. The second-order valence-corrected chi connectivity index (χ2v) is 9.72. The van der Waals surface area contributed by atoms with Gasteiger partial charge in [-0.25, -0.2) is 4.79 Å². The molecular weight excluding hydrogens is 463 g/mol. The minimum atomic E-state index is -0.446. The van der Waals surface area contributed by atoms with E-state index in [1.807, 2.05) is 37.4 Å². The summed E-state index contributed by atoms with van der Waals surface area (Å²) in [7, 11) is 1.79. The molecule has 0 aromatic carbocycles. The predicted molar refractivity (Wildman–Crippen MR) is 123 cm³/mol. The van der Waals surface area contributed by atoms with Crippen molar-refractivity contribution in [3.05, 3.63) is 0 Å². The third-order valence-electron chi connectivity index (χ3n) is 4.19. The number of aliphatic imine (C=N–C) groups is 1. The van der Waals surface area contributed by atoms with Gasteiger partial charge in [-0.2, -0.15) is 11.8 Å². The number of hydrogen-bond acceptors (Lipinski definition) is 4. The van der Waals surface area contributed by atoms with Crippen molar-refractivity contribution in [2.24, 2.45) is 10.9 Å². The summed E-state index contributed by atoms with van der Waals surface area (Å²) in [5.74, 6) is 1.23. The average Bonchev–Trinajstić information content (AvgIpc) is 2.53. The molecule has 1 atom stereocenters. The summed E-state index contributed by atoms with van der Waals surface area (Å²) in [6, 6.07) is 0. The van der Waals surface area contributed by atoms with Crippen molar-refractivity contribution in [2.45, 2.75) is 57.8 Å². The maximum Gasteiger partial charge on any atom is 0.410 e. The number of carbonyl (C=O) groups excluding carboxylic acids is 1. The molecule has 0 spiro atoms. The zero-order chi connectivity index (χ0) is 19.1. The zero-order valence-electron chi connectivity index (χ0n) is 17.3. The van der Waals surface area contributed by atoms with Crippen LogP contribution in [-0.2, 0) is 4.74 Å². The van der Waals surface area contributed by atoms with Gasteiger partial charge in [0.05, 0.1) is 0 Å². The van der Waals surface area contributed by atoms with Crippen LogP contribution in [0.15, 0.2) is 4.99 Å². The first kappa shape index (κ1) is 25.6. The third-order valence-corrected chi connectivity index (χ3v) is 5.44. The summed E-state index contributed by atoms with van der Waals surface area (Å²) in [6.45, 7) is 13.3. The lowest BCUT2D eigenvalue weighted by molar-refractivity contribution is 0.0168. The molecular formula is C18H37IN4O2S. The van der Waals surface area contributed by atoms with Crippen molar-refractivity contribution in [1.29, 1.82) is 0 Å². The van der Waals surface area contributed by atoms with Crippen LogP contribution in [0.4, 0.5) is 4.79 Å². The molecule has 0 radical (unpaired) electrons. The number of carbonyl (C=O) groups is 1. The van der Waals surface area contributed by atoms with Gasteiger partial charge in [0.2, 0.25) is 0 Å². The fourth-order valence-corrected chi connectivity index (χ4v) is 2.77. The number of likely N-dealkylation sites (tertiary alicyclic amines) is 1. The molecule has 1 unspecified atom stereocenters. The first-order chi connectivity index (χ1) is 11.6. The molecule has 1 rings (SSSR count). The Kier molecular flexibility index (Phi) is 11.3. The smallest absolute Gasteiger partial charge is 0.410 e. The number of piperidine rings is 1. The Morgan fingerprint density at radius 3 is 2.46 bits per heavy atom. The number of rotatable bonds is 5. The average molecular weight is 500 g/mol. The van der Waals surface area contributed by atoms with Crippen LogP contribution < -0.4 is 10.6 Å². The first-order valence-electron chi connectivity index (χ1n) is 9.04. The summed E-state index contributed by atoms with van der Waals surface area (Å²) in [5.41, 5.74) is -0.446. The zero-order valence-corrected chi connectivity index (χ0v) is 20.5. The van der Waals surface area contributed by atoms with Crippen LogP contribution in [0.2, 0.25) is 0 Å². The minimum Gasteiger partial charge on any atom is -0.444 e. The van der Waals surface area contributed by atoms with Crippen molar-refractivity contribution >= 4 is 47.8 Å². The highest BCUT2D eigenvalue weighted by atomic mass is 127. The number of nitrogens with one attached hydrogen (secondary N) is 2. The lowest BCUT2D eigenvalue weighted by atomic mass is 9.98. The molecule has 0 aliphatic carbocycles. The Hall–Kier alpha value is -0.380. The molecule has 1 amide bonds. The van der Waals surface area contributed by atoms with Crippen LogP contribution >= 0.6 is 35.7 Å². The monoisotopic (exact) mass is 500 g/mol. The van der Waals surface area contributed by atoms with E-state index in [4.69, 9.17) is 4.74 Å². The van der Waals surface area contributed by atoms with Crippen LogP contribution in [0.1, 0.15) is 47.5 Å². The predicted octanol–water partition coefficient (Wildman–Crippen LogP) is 3.56. The van der Waals surface area contributed by atoms with E-state index >= 15 is 0 Å². The Balaban J connectivity index is 0.00000625. The van der Waals surface area contributed by atoms with Crippen molar-refractivity contribution in [1.82, 2.24) is 15.5 Å². The van der Waals surface area contributed by atoms with E-state index in [2.05, 4.69) is 35.7 Å². The van der Waals surface area contributed by atoms with Gasteiger partial charge in [-0.3, -0.25) is 4.99 Å². The van der Waals surface area contributed by atoms with Gasteiger partial charge in [-0.15, -0.1) is 24.0 Å². The van der Waals surface area contributed by atoms with Crippen LogP contribution in [0.5, 0.6) is 0 Å². The van der Waals surface area contributed by atoms with Crippen LogP contribution in [-0.4, -0.2) is 66.8 Å². The summed E-state index contributed by atoms with van der Waals surface area (Å²) < 4.78 is 5.65. The topological polar surface area (TPSA) is 66.0 Å². The molecule has 0 saturated carbocycles. The van der Waals surface area contributed by atoms with Gasteiger partial charge < -0.3 is 20.3 Å². The highest BCUT2D eigenvalue weighted by molar-refractivity contribution is 14.0. The standard InChI is InChI=1S/C18H36N4O2S.HI/c1-17(2,3)24-16(23)22-10-8-9-14(12-22)11-20-15(19-6)21-13-18(4,5)25-7;/h14H,8-13H2,1-7H3,(H2,19,20,21);1H. The number of hydrogen-bond donors (Lipinski definition) is 2. The SMILES string of the molecule is CN=C(NCC1CCCN(C(=O)OC(C)(C)C)C1)NCC(C)(C)SC.I. The molecule has 0 aromatic heterocycles. The number of guanidine groups is 1. The number of halogens is 1. The summed E-state index contributed by atoms with van der Waals surface area (Å²) in [6.07, 6.45) is 4.03. The van der Waals surface area contributed by atoms with Crippen LogP contribution in [0, 0.1) is 5.92 Å². The molecule has 8 heteroatoms. The lowest BCUT2D eigenvalue weighted by Gasteiger charge is -2.34. The molecule has 1 heterocycles. The van der Waals surface area contributed by atoms with Crippen molar-refractivity contribution in [3.63, 3.8) is 0 Å². The molecule has 1 aliphatic heterocycles. The van der Waals surface area contributed by atoms with Crippen molar-refractivity contribution in [2.75, 3.05) is 39.5 Å². The van der Waals surface area contributed by atoms with Gasteiger partial charge in [-0.1, -0.05) is 0 Å². The number of ether oxygens (including phenoxy) is 1. The molecule has 154 valence electrons. The Morgan fingerprint density at radius 1 is 1.27 bits per heavy atom. The largest absolute Gasteiger partial charge is 0.444 e. The molecule has 0 bridgehead atoms. The number of nitrogens with zero attached hydrogens (tertiary/aromatic N) is 2. The van der Waals surface area contributed by atoms with Gasteiger partial charge in [0.15, 0.2) is 5.96 Å². The van der Waals surface area contributed by atoms with Gasteiger partial charge in [-0.05, 0) is 59.6 Å². The highest BCUT2D eigenvalue weighted by Gasteiger charge is 2.27. The molecule has 1 fully saturated rings. The Labute approximate surface area is 180 Å². The normalized spacial score (nSPS) is 18.8. The van der Waals surface area contributed by atoms with Gasteiger partial charge in [0, 0.05) is 38.0 Å². The van der Waals surface area contributed by atoms with E-state index in [0.717, 1.165) is 45.0 Å². The van der Waals surface area contributed by atoms with E-state index in [-0.39, 0.29) is 34.8 Å². The minimum absolute atomic E-state index is 0. The Bertz CT molecular complexity index is 467. The molecule has 26 heavy (non-hydrogen) atoms. The van der Waals surface area contributed by atoms with Crippen molar-refractivity contribution < 1.29 is 9.53 Å². The van der Waals surface area contributed by atoms with Gasteiger partial charge >= 0.3 is 6.09 Å². The Morgan fingerprint density at radius 2 is 1.92 bits per heavy atom. The quantitative estimate of drug-likeness (QED) is 0.344. The van der Waals surface area contributed by atoms with E-state index < -0.39 is 5.60 Å². The molecule has 2 N–H and O–H groups in total. The molecule has 6 nitrogen and oxygen atoms in total. The molecule has 0 aromatic rings. The van der Waals surface area contributed by atoms with E-state index in [1.54, 1.807) is 7.05 Å². The molecule has 1 aliphatic rings. The van der Waals surface area contributed by atoms with E-state index in [0.29, 0.717) is 5.92 Å². The fraction of sp³-hybridized carbons (Fsp3) is 0.889. The number of thioether (sulfide) groups is 1. The maximum atomic E-state index is 12.2. The summed E-state index contributed by atoms with van der Waals surface area (Å²) in [4.78, 5) is 18.4. The van der Waals surface area contributed by atoms with Crippen LogP contribution in [0.3, 0.4) is 0 Å². The molecule has 1 saturated heterocycles. The number of amides is 1. The fourth-order valence-electron chi connectivity index (χ4n) is 2.55. The van der Waals surface area contributed by atoms with Gasteiger partial charge in [0.1, 0.15) is 5.60 Å². The van der Waals surface area contributed by atoms with Crippen LogP contribution in [0.25, 0.3) is 0 Å². The summed E-state index contributed by atoms with van der Waals surface area (Å²) >= 11 is 1.83. The van der Waals surface area contributed by atoms with E-state index in [1.165, 1.54) is 0 Å².